The van der Waals surface area contributed by atoms with E-state index in [1.165, 1.54) is 0 Å². The molecule has 0 aliphatic carbocycles. The highest BCUT2D eigenvalue weighted by Gasteiger charge is 2.38. The number of fused-ring (bicyclic) bond motifs is 1. The van der Waals surface area contributed by atoms with Gasteiger partial charge in [-0.25, -0.2) is 4.98 Å². The third-order valence-corrected chi connectivity index (χ3v) is 9.28. The molecule has 1 atom stereocenters. The lowest BCUT2D eigenvalue weighted by atomic mass is 10.0. The number of hydrogen-bond donors (Lipinski definition) is 2. The zero-order valence-corrected chi connectivity index (χ0v) is 21.2. The molecule has 8 nitrogen and oxygen atoms in total. The summed E-state index contributed by atoms with van der Waals surface area (Å²) in [6, 6.07) is 15.9. The minimum Gasteiger partial charge on any atom is -0.361 e. The average molecular weight is 507 g/mol. The lowest BCUT2D eigenvalue weighted by Gasteiger charge is -2.40. The van der Waals surface area contributed by atoms with Gasteiger partial charge in [0.1, 0.15) is 11.6 Å². The van der Waals surface area contributed by atoms with E-state index in [1.807, 2.05) is 49.1 Å². The minimum atomic E-state index is -2.52. The predicted molar refractivity (Wildman–Crippen MR) is 141 cm³/mol. The highest BCUT2D eigenvalue weighted by atomic mass is 32.3. The van der Waals surface area contributed by atoms with Gasteiger partial charge >= 0.3 is 0 Å². The van der Waals surface area contributed by atoms with Crippen LogP contribution in [0.1, 0.15) is 55.0 Å². The Morgan fingerprint density at radius 2 is 1.78 bits per heavy atom. The number of carbonyl (C=O) groups is 1. The molecule has 0 spiro atoms. The van der Waals surface area contributed by atoms with Crippen LogP contribution in [0.4, 0.5) is 5.69 Å². The number of carbonyl (C=O) groups excluding carboxylic acids is 1. The van der Waals surface area contributed by atoms with Gasteiger partial charge in [0.05, 0.1) is 22.8 Å². The molecule has 4 aromatic rings. The standard InChI is InChI=1S/C27H30N4O4S/c1-17-26(18(2)35-29-17)19-8-9-23-22(16-19)28-27(31(23)21-12-14-36(33,34)15-13-21)24-10-11-25(32)30(24)20-6-4-3-5-7-20/h3-9,16,21,24,33-34H,10-15H2,1-2H3. The molecule has 0 bridgehead atoms. The minimum absolute atomic E-state index is 0.0863. The molecule has 2 N–H and O–H groups in total. The molecule has 2 fully saturated rings. The maximum absolute atomic E-state index is 13.0. The average Bonchev–Trinajstić information content (AvgIpc) is 3.53. The number of hydrogen-bond acceptors (Lipinski definition) is 6. The summed E-state index contributed by atoms with van der Waals surface area (Å²) in [6.45, 7) is 3.84. The number of amides is 1. The Bertz CT molecular complexity index is 1420. The molecule has 2 saturated heterocycles. The third-order valence-electron chi connectivity index (χ3n) is 7.50. The fourth-order valence-electron chi connectivity index (χ4n) is 5.78. The number of nitrogens with zero attached hydrogens (tertiary/aromatic N) is 4. The van der Waals surface area contributed by atoms with Crippen LogP contribution in [0.5, 0.6) is 0 Å². The van der Waals surface area contributed by atoms with Gasteiger partial charge in [-0.1, -0.05) is 29.4 Å². The highest BCUT2D eigenvalue weighted by molar-refractivity contribution is 8.24. The van der Waals surface area contributed by atoms with Crippen molar-refractivity contribution in [1.29, 1.82) is 0 Å². The molecule has 1 unspecified atom stereocenters. The van der Waals surface area contributed by atoms with Gasteiger partial charge in [0.25, 0.3) is 0 Å². The van der Waals surface area contributed by atoms with E-state index in [-0.39, 0.29) is 18.0 Å². The molecule has 36 heavy (non-hydrogen) atoms. The second-order valence-corrected chi connectivity index (χ2v) is 12.3. The second-order valence-electron chi connectivity index (χ2n) is 9.84. The first-order chi connectivity index (χ1) is 17.3. The zero-order chi connectivity index (χ0) is 25.0. The number of para-hydroxylation sites is 1. The summed E-state index contributed by atoms with van der Waals surface area (Å²) in [7, 11) is -2.52. The number of aromatic nitrogens is 3. The van der Waals surface area contributed by atoms with Gasteiger partial charge in [-0.05, 0) is 62.9 Å². The summed E-state index contributed by atoms with van der Waals surface area (Å²) in [5.74, 6) is 2.50. The fraction of sp³-hybridized carbons (Fsp3) is 0.370. The predicted octanol–water partition coefficient (Wildman–Crippen LogP) is 6.26. The van der Waals surface area contributed by atoms with Crippen LogP contribution in [-0.4, -0.2) is 41.2 Å². The lowest BCUT2D eigenvalue weighted by molar-refractivity contribution is -0.117. The topological polar surface area (TPSA) is 105 Å². The molecule has 4 heterocycles. The van der Waals surface area contributed by atoms with Crippen LogP contribution in [0.25, 0.3) is 22.2 Å². The molecular weight excluding hydrogens is 476 g/mol. The Morgan fingerprint density at radius 1 is 1.03 bits per heavy atom. The molecule has 188 valence electrons. The van der Waals surface area contributed by atoms with Gasteiger partial charge in [0.15, 0.2) is 0 Å². The summed E-state index contributed by atoms with van der Waals surface area (Å²) in [5.41, 5.74) is 5.53. The number of benzene rings is 2. The summed E-state index contributed by atoms with van der Waals surface area (Å²) >= 11 is 0. The molecular formula is C27H30N4O4S. The van der Waals surface area contributed by atoms with E-state index in [2.05, 4.69) is 27.9 Å². The zero-order valence-electron chi connectivity index (χ0n) is 20.4. The van der Waals surface area contributed by atoms with Crippen molar-refractivity contribution in [2.45, 2.75) is 51.6 Å². The van der Waals surface area contributed by atoms with Gasteiger partial charge < -0.3 is 14.0 Å². The van der Waals surface area contributed by atoms with Gasteiger partial charge in [0.2, 0.25) is 5.91 Å². The number of anilines is 1. The first-order valence-corrected chi connectivity index (χ1v) is 14.3. The Labute approximate surface area is 211 Å². The third kappa shape index (κ3) is 3.91. The van der Waals surface area contributed by atoms with E-state index >= 15 is 0 Å². The van der Waals surface area contributed by atoms with Crippen LogP contribution in [0, 0.1) is 13.8 Å². The van der Waals surface area contributed by atoms with Gasteiger partial charge in [-0.3, -0.25) is 13.9 Å². The largest absolute Gasteiger partial charge is 0.361 e. The monoisotopic (exact) mass is 506 g/mol. The van der Waals surface area contributed by atoms with Crippen molar-refractivity contribution in [3.8, 4) is 11.1 Å². The van der Waals surface area contributed by atoms with Crippen LogP contribution in [0.15, 0.2) is 53.1 Å². The van der Waals surface area contributed by atoms with Crippen LogP contribution in [-0.2, 0) is 4.79 Å². The first kappa shape index (κ1) is 23.3. The summed E-state index contributed by atoms with van der Waals surface area (Å²) < 4.78 is 28.2. The highest BCUT2D eigenvalue weighted by Crippen LogP contribution is 2.49. The molecule has 2 aromatic heterocycles. The number of rotatable bonds is 4. The fourth-order valence-corrected chi connectivity index (χ4v) is 7.28. The molecule has 2 aliphatic heterocycles. The molecule has 9 heteroatoms. The molecule has 0 saturated carbocycles. The maximum Gasteiger partial charge on any atom is 0.227 e. The summed E-state index contributed by atoms with van der Waals surface area (Å²) in [5, 5.41) is 4.11. The van der Waals surface area contributed by atoms with E-state index in [1.54, 1.807) is 0 Å². The van der Waals surface area contributed by atoms with Crippen LogP contribution in [0.2, 0.25) is 0 Å². The smallest absolute Gasteiger partial charge is 0.227 e. The quantitative estimate of drug-likeness (QED) is 0.338. The Kier molecular flexibility index (Phi) is 5.66. The van der Waals surface area contributed by atoms with E-state index in [4.69, 9.17) is 9.51 Å². The Hall–Kier alpha value is -3.14. The number of imidazole rings is 1. The van der Waals surface area contributed by atoms with Crippen LogP contribution < -0.4 is 4.90 Å². The Balaban J connectivity index is 1.50. The molecule has 2 aromatic carbocycles. The van der Waals surface area contributed by atoms with Crippen molar-refractivity contribution in [3.05, 3.63) is 65.8 Å². The van der Waals surface area contributed by atoms with E-state index < -0.39 is 10.6 Å². The van der Waals surface area contributed by atoms with Gasteiger partial charge in [0, 0.05) is 35.2 Å². The number of aryl methyl sites for hydroxylation is 2. The Morgan fingerprint density at radius 3 is 2.47 bits per heavy atom. The van der Waals surface area contributed by atoms with Crippen LogP contribution >= 0.6 is 10.6 Å². The first-order valence-electron chi connectivity index (χ1n) is 12.4. The van der Waals surface area contributed by atoms with Gasteiger partial charge in [-0.2, -0.15) is 10.6 Å². The molecule has 2 aliphatic rings. The molecule has 1 amide bonds. The van der Waals surface area contributed by atoms with Crippen molar-refractivity contribution in [3.63, 3.8) is 0 Å². The van der Waals surface area contributed by atoms with Crippen molar-refractivity contribution >= 4 is 33.2 Å². The van der Waals surface area contributed by atoms with Gasteiger partial charge in [-0.15, -0.1) is 0 Å². The van der Waals surface area contributed by atoms with Crippen molar-refractivity contribution in [2.75, 3.05) is 16.4 Å². The summed E-state index contributed by atoms with van der Waals surface area (Å²) in [4.78, 5) is 20.1. The van der Waals surface area contributed by atoms with Crippen molar-refractivity contribution < 1.29 is 18.4 Å². The maximum atomic E-state index is 13.0. The van der Waals surface area contributed by atoms with Crippen molar-refractivity contribution in [2.24, 2.45) is 0 Å². The lowest BCUT2D eigenvalue weighted by Crippen LogP contribution is -2.31. The molecule has 0 radical (unpaired) electrons. The molecule has 6 rings (SSSR count). The van der Waals surface area contributed by atoms with E-state index in [0.717, 1.165) is 45.1 Å². The van der Waals surface area contributed by atoms with Crippen molar-refractivity contribution in [1.82, 2.24) is 14.7 Å². The van der Waals surface area contributed by atoms with E-state index in [9.17, 15) is 13.9 Å². The second kappa shape index (κ2) is 8.76. The SMILES string of the molecule is Cc1noc(C)c1-c1ccc2c(c1)nc(C1CCC(=O)N1c1ccccc1)n2C1CCS(O)(O)CC1. The van der Waals surface area contributed by atoms with Crippen LogP contribution in [0.3, 0.4) is 0 Å². The van der Waals surface area contributed by atoms with E-state index in [0.29, 0.717) is 37.2 Å². The normalized spacial score (nSPS) is 21.4. The summed E-state index contributed by atoms with van der Waals surface area (Å²) in [6.07, 6.45) is 2.49.